The van der Waals surface area contributed by atoms with E-state index >= 15 is 0 Å². The molecule has 1 fully saturated rings. The van der Waals surface area contributed by atoms with E-state index in [0.717, 1.165) is 58.2 Å². The molecule has 6 aromatic rings. The molecule has 1 aromatic carbocycles. The summed E-state index contributed by atoms with van der Waals surface area (Å²) < 4.78 is 33.9. The van der Waals surface area contributed by atoms with Gasteiger partial charge in [-0.05, 0) is 44.0 Å². The Hall–Kier alpha value is -4.40. The third-order valence-electron chi connectivity index (χ3n) is 6.63. The van der Waals surface area contributed by atoms with Crippen molar-refractivity contribution in [3.63, 3.8) is 0 Å². The SMILES string of the molecule is Cc1ccc(S(=O)(=O)n2ccc3nc(NN)cnc32)cc1.c1cc2c(ncc3nnc(C4CCOCC4)n32)[nH]1. The zero-order chi connectivity index (χ0) is 27.0. The molecular weight excluding hydrogens is 520 g/mol. The normalized spacial score (nSPS) is 14.5. The van der Waals surface area contributed by atoms with Crippen molar-refractivity contribution in [1.82, 2.24) is 38.5 Å². The van der Waals surface area contributed by atoms with Crippen LogP contribution in [0.15, 0.2) is 66.1 Å². The highest BCUT2D eigenvalue weighted by Gasteiger charge is 2.23. The number of ether oxygens (including phenoxy) is 1. The molecule has 0 spiro atoms. The van der Waals surface area contributed by atoms with Gasteiger partial charge in [-0.15, -0.1) is 10.2 Å². The maximum atomic E-state index is 12.6. The topological polar surface area (TPSA) is 171 Å². The van der Waals surface area contributed by atoms with Crippen LogP contribution in [0.25, 0.3) is 28.0 Å². The van der Waals surface area contributed by atoms with Gasteiger partial charge in [-0.2, -0.15) is 0 Å². The molecule has 39 heavy (non-hydrogen) atoms. The Morgan fingerprint density at radius 2 is 1.85 bits per heavy atom. The summed E-state index contributed by atoms with van der Waals surface area (Å²) in [5, 5.41) is 8.57. The number of aromatic amines is 1. The average molecular weight is 547 g/mol. The van der Waals surface area contributed by atoms with E-state index in [1.165, 1.54) is 12.4 Å². The van der Waals surface area contributed by atoms with Crippen molar-refractivity contribution in [2.75, 3.05) is 18.6 Å². The molecule has 0 unspecified atom stereocenters. The van der Waals surface area contributed by atoms with Crippen LogP contribution in [0.2, 0.25) is 0 Å². The van der Waals surface area contributed by atoms with Crippen LogP contribution in [0.1, 0.15) is 30.1 Å². The Balaban J connectivity index is 0.000000143. The number of nitrogen functional groups attached to an aromatic ring is 1. The summed E-state index contributed by atoms with van der Waals surface area (Å²) in [5.74, 6) is 7.08. The summed E-state index contributed by atoms with van der Waals surface area (Å²) >= 11 is 0. The van der Waals surface area contributed by atoms with Crippen molar-refractivity contribution < 1.29 is 13.2 Å². The van der Waals surface area contributed by atoms with Gasteiger partial charge in [-0.3, -0.25) is 4.40 Å². The van der Waals surface area contributed by atoms with E-state index in [4.69, 9.17) is 10.6 Å². The van der Waals surface area contributed by atoms with Gasteiger partial charge in [-0.25, -0.2) is 33.2 Å². The molecule has 5 aromatic heterocycles. The van der Waals surface area contributed by atoms with Gasteiger partial charge in [0.2, 0.25) is 0 Å². The van der Waals surface area contributed by atoms with Gasteiger partial charge < -0.3 is 15.1 Å². The largest absolute Gasteiger partial charge is 0.381 e. The minimum atomic E-state index is -3.70. The molecule has 1 aliphatic rings. The van der Waals surface area contributed by atoms with E-state index in [-0.39, 0.29) is 10.5 Å². The minimum Gasteiger partial charge on any atom is -0.381 e. The summed E-state index contributed by atoms with van der Waals surface area (Å²) in [6.07, 6.45) is 8.48. The number of hydrogen-bond donors (Lipinski definition) is 3. The van der Waals surface area contributed by atoms with Gasteiger partial charge >= 0.3 is 0 Å². The Labute approximate surface area is 223 Å². The van der Waals surface area contributed by atoms with E-state index in [0.29, 0.717) is 17.3 Å². The second-order valence-corrected chi connectivity index (χ2v) is 11.0. The molecule has 0 aliphatic carbocycles. The predicted molar refractivity (Wildman–Crippen MR) is 145 cm³/mol. The zero-order valence-corrected chi connectivity index (χ0v) is 21.8. The number of fused-ring (bicyclic) bond motifs is 4. The lowest BCUT2D eigenvalue weighted by Gasteiger charge is -2.20. The quantitative estimate of drug-likeness (QED) is 0.221. The second kappa shape index (κ2) is 10.1. The van der Waals surface area contributed by atoms with Crippen molar-refractivity contribution in [2.24, 2.45) is 5.84 Å². The summed E-state index contributed by atoms with van der Waals surface area (Å²) in [6, 6.07) is 10.2. The first-order valence-electron chi connectivity index (χ1n) is 12.3. The highest BCUT2D eigenvalue weighted by molar-refractivity contribution is 7.90. The van der Waals surface area contributed by atoms with E-state index in [1.807, 2.05) is 19.2 Å². The molecule has 4 N–H and O–H groups in total. The van der Waals surface area contributed by atoms with Gasteiger partial charge in [0.1, 0.15) is 11.3 Å². The van der Waals surface area contributed by atoms with Crippen molar-refractivity contribution in [3.05, 3.63) is 72.6 Å². The number of H-pyrrole nitrogens is 1. The van der Waals surface area contributed by atoms with Crippen LogP contribution >= 0.6 is 0 Å². The summed E-state index contributed by atoms with van der Waals surface area (Å²) in [5.41, 5.74) is 6.79. The zero-order valence-electron chi connectivity index (χ0n) is 21.0. The fourth-order valence-corrected chi connectivity index (χ4v) is 5.89. The number of benzene rings is 1. The van der Waals surface area contributed by atoms with Gasteiger partial charge in [0.15, 0.2) is 22.8 Å². The second-order valence-electron chi connectivity index (χ2n) is 9.15. The Morgan fingerprint density at radius 3 is 2.62 bits per heavy atom. The number of aromatic nitrogens is 8. The molecular formula is C25H26N10O3S. The van der Waals surface area contributed by atoms with Gasteiger partial charge in [0.05, 0.1) is 22.8 Å². The van der Waals surface area contributed by atoms with Crippen LogP contribution in [0.4, 0.5) is 5.82 Å². The van der Waals surface area contributed by atoms with E-state index in [9.17, 15) is 8.42 Å². The highest BCUT2D eigenvalue weighted by Crippen LogP contribution is 2.27. The lowest BCUT2D eigenvalue weighted by atomic mass is 9.99. The maximum Gasteiger partial charge on any atom is 0.269 e. The van der Waals surface area contributed by atoms with Crippen LogP contribution in [0.5, 0.6) is 0 Å². The van der Waals surface area contributed by atoms with Crippen LogP contribution in [0, 0.1) is 6.92 Å². The van der Waals surface area contributed by atoms with Crippen molar-refractivity contribution in [1.29, 1.82) is 0 Å². The third kappa shape index (κ3) is 4.58. The highest BCUT2D eigenvalue weighted by atomic mass is 32.2. The number of nitrogens with zero attached hydrogens (tertiary/aromatic N) is 7. The van der Waals surface area contributed by atoms with Crippen molar-refractivity contribution >= 4 is 43.8 Å². The monoisotopic (exact) mass is 546 g/mol. The fraction of sp³-hybridized carbons (Fsp3) is 0.240. The lowest BCUT2D eigenvalue weighted by Crippen LogP contribution is -2.16. The summed E-state index contributed by atoms with van der Waals surface area (Å²) in [7, 11) is -3.70. The lowest BCUT2D eigenvalue weighted by molar-refractivity contribution is 0.0834. The number of nitrogens with one attached hydrogen (secondary N) is 2. The molecule has 0 bridgehead atoms. The van der Waals surface area contributed by atoms with Crippen molar-refractivity contribution in [3.8, 4) is 0 Å². The van der Waals surface area contributed by atoms with Crippen LogP contribution in [0.3, 0.4) is 0 Å². The average Bonchev–Trinajstić information content (AvgIpc) is 3.71. The first-order valence-corrected chi connectivity index (χ1v) is 13.8. The number of aryl methyl sites for hydroxylation is 1. The molecule has 200 valence electrons. The van der Waals surface area contributed by atoms with Gasteiger partial charge in [0.25, 0.3) is 10.0 Å². The summed E-state index contributed by atoms with van der Waals surface area (Å²) in [4.78, 5) is 15.9. The molecule has 13 nitrogen and oxygen atoms in total. The molecule has 0 radical (unpaired) electrons. The fourth-order valence-electron chi connectivity index (χ4n) is 4.59. The third-order valence-corrected chi connectivity index (χ3v) is 8.32. The number of hydrogen-bond acceptors (Lipinski definition) is 10. The standard InChI is InChI=1S/C13H13N5O2S.C12H13N5O/c1-9-2-4-10(5-3-9)21(19,20)18-7-6-11-13(18)15-8-12(16-11)17-14;1-4-13-11-9(1)17-10(7-14-11)15-16-12(17)8-2-5-18-6-3-8/h2-8H,14H2,1H3,(H,16,17);1,4,7-8,13H,2-3,5-6H2. The van der Waals surface area contributed by atoms with Crippen LogP contribution < -0.4 is 11.3 Å². The molecule has 1 aliphatic heterocycles. The first kappa shape index (κ1) is 24.9. The van der Waals surface area contributed by atoms with E-state index < -0.39 is 10.0 Å². The van der Waals surface area contributed by atoms with Crippen LogP contribution in [-0.4, -0.2) is 60.1 Å². The van der Waals surface area contributed by atoms with Gasteiger partial charge in [0, 0.05) is 31.5 Å². The molecule has 1 saturated heterocycles. The van der Waals surface area contributed by atoms with E-state index in [1.54, 1.807) is 36.5 Å². The molecule has 7 rings (SSSR count). The molecule has 14 heteroatoms. The minimum absolute atomic E-state index is 0.202. The van der Waals surface area contributed by atoms with Crippen LogP contribution in [-0.2, 0) is 14.8 Å². The molecule has 6 heterocycles. The Morgan fingerprint density at radius 1 is 1.05 bits per heavy atom. The first-order chi connectivity index (χ1) is 19.0. The smallest absolute Gasteiger partial charge is 0.269 e. The number of hydrazine groups is 1. The summed E-state index contributed by atoms with van der Waals surface area (Å²) in [6.45, 7) is 3.51. The predicted octanol–water partition coefficient (Wildman–Crippen LogP) is 2.76. The van der Waals surface area contributed by atoms with Crippen molar-refractivity contribution in [2.45, 2.75) is 30.6 Å². The Bertz CT molecular complexity index is 1870. The number of nitrogens with two attached hydrogens (primary N) is 1. The maximum absolute atomic E-state index is 12.6. The molecule has 0 saturated carbocycles. The molecule has 0 amide bonds. The Kier molecular flexibility index (Phi) is 6.42. The van der Waals surface area contributed by atoms with Gasteiger partial charge in [-0.1, -0.05) is 17.7 Å². The number of rotatable bonds is 4. The van der Waals surface area contributed by atoms with E-state index in [2.05, 4.69) is 40.0 Å². The number of anilines is 1. The molecule has 0 atom stereocenters.